The van der Waals surface area contributed by atoms with Crippen LogP contribution >= 0.6 is 11.6 Å². The molecule has 2 heterocycles. The van der Waals surface area contributed by atoms with E-state index in [9.17, 15) is 4.39 Å². The lowest BCUT2D eigenvalue weighted by molar-refractivity contribution is 0.628. The van der Waals surface area contributed by atoms with Gasteiger partial charge in [0.1, 0.15) is 10.8 Å². The molecule has 20 heavy (non-hydrogen) atoms. The van der Waals surface area contributed by atoms with Crippen LogP contribution in [0.1, 0.15) is 18.5 Å². The Balaban J connectivity index is 2.31. The number of halogens is 2. The number of nitrogens with two attached hydrogens (primary N) is 1. The SMILES string of the molecule is C[C@H](N)c1cn2ncc(Cl)c2nc1-c1cccc(F)c1. The average molecular weight is 291 g/mol. The van der Waals surface area contributed by atoms with Crippen LogP contribution in [-0.2, 0) is 0 Å². The Morgan fingerprint density at radius 2 is 2.20 bits per heavy atom. The minimum atomic E-state index is -0.320. The molecule has 6 heteroatoms. The highest BCUT2D eigenvalue weighted by molar-refractivity contribution is 6.33. The van der Waals surface area contributed by atoms with Crippen molar-refractivity contribution in [1.82, 2.24) is 14.6 Å². The zero-order valence-corrected chi connectivity index (χ0v) is 11.5. The first-order valence-electron chi connectivity index (χ1n) is 6.11. The lowest BCUT2D eigenvalue weighted by Crippen LogP contribution is -2.10. The summed E-state index contributed by atoms with van der Waals surface area (Å²) in [6.07, 6.45) is 3.29. The molecule has 1 atom stereocenters. The van der Waals surface area contributed by atoms with Gasteiger partial charge in [-0.05, 0) is 19.1 Å². The number of rotatable bonds is 2. The van der Waals surface area contributed by atoms with Crippen LogP contribution in [0.15, 0.2) is 36.7 Å². The van der Waals surface area contributed by atoms with Gasteiger partial charge < -0.3 is 5.73 Å². The van der Waals surface area contributed by atoms with Crippen LogP contribution in [0.2, 0.25) is 5.02 Å². The van der Waals surface area contributed by atoms with Crippen molar-refractivity contribution in [2.75, 3.05) is 0 Å². The lowest BCUT2D eigenvalue weighted by Gasteiger charge is -2.12. The van der Waals surface area contributed by atoms with Gasteiger partial charge in [-0.3, -0.25) is 0 Å². The molecular formula is C14H12ClFN4. The molecule has 0 aliphatic rings. The first kappa shape index (κ1) is 13.0. The Labute approximate surface area is 120 Å². The van der Waals surface area contributed by atoms with Gasteiger partial charge in [0.05, 0.1) is 11.9 Å². The molecule has 0 saturated heterocycles. The summed E-state index contributed by atoms with van der Waals surface area (Å²) in [4.78, 5) is 4.49. The Bertz CT molecular complexity index is 782. The van der Waals surface area contributed by atoms with Crippen molar-refractivity contribution in [3.8, 4) is 11.3 Å². The van der Waals surface area contributed by atoms with Gasteiger partial charge in [0, 0.05) is 23.4 Å². The van der Waals surface area contributed by atoms with Crippen LogP contribution in [0.3, 0.4) is 0 Å². The third kappa shape index (κ3) is 2.15. The molecule has 102 valence electrons. The van der Waals surface area contributed by atoms with Crippen LogP contribution in [-0.4, -0.2) is 14.6 Å². The molecule has 0 unspecified atom stereocenters. The maximum Gasteiger partial charge on any atom is 0.174 e. The number of hydrogen-bond acceptors (Lipinski definition) is 3. The molecule has 0 fully saturated rings. The summed E-state index contributed by atoms with van der Waals surface area (Å²) in [5.74, 6) is -0.320. The average Bonchev–Trinajstić information content (AvgIpc) is 2.78. The third-order valence-electron chi connectivity index (χ3n) is 3.07. The van der Waals surface area contributed by atoms with E-state index in [1.54, 1.807) is 22.8 Å². The monoisotopic (exact) mass is 290 g/mol. The van der Waals surface area contributed by atoms with E-state index in [1.165, 1.54) is 18.3 Å². The van der Waals surface area contributed by atoms with Gasteiger partial charge in [0.2, 0.25) is 0 Å². The normalized spacial score (nSPS) is 12.8. The maximum absolute atomic E-state index is 13.4. The zero-order valence-electron chi connectivity index (χ0n) is 10.7. The van der Waals surface area contributed by atoms with E-state index in [0.717, 1.165) is 5.56 Å². The highest BCUT2D eigenvalue weighted by atomic mass is 35.5. The Morgan fingerprint density at radius 1 is 1.40 bits per heavy atom. The van der Waals surface area contributed by atoms with Crippen LogP contribution in [0.4, 0.5) is 4.39 Å². The molecule has 4 nitrogen and oxygen atoms in total. The fourth-order valence-corrected chi connectivity index (χ4v) is 2.27. The maximum atomic E-state index is 13.4. The molecule has 2 N–H and O–H groups in total. The minimum Gasteiger partial charge on any atom is -0.324 e. The number of benzene rings is 1. The van der Waals surface area contributed by atoms with Crippen molar-refractivity contribution in [3.63, 3.8) is 0 Å². The van der Waals surface area contributed by atoms with E-state index in [0.29, 0.717) is 21.9 Å². The largest absolute Gasteiger partial charge is 0.324 e. The van der Waals surface area contributed by atoms with Gasteiger partial charge >= 0.3 is 0 Å². The van der Waals surface area contributed by atoms with E-state index in [2.05, 4.69) is 10.1 Å². The summed E-state index contributed by atoms with van der Waals surface area (Å²) < 4.78 is 15.0. The van der Waals surface area contributed by atoms with E-state index in [1.807, 2.05) is 6.92 Å². The van der Waals surface area contributed by atoms with Crippen LogP contribution in [0.5, 0.6) is 0 Å². The molecule has 1 aromatic carbocycles. The fourth-order valence-electron chi connectivity index (χ4n) is 2.10. The highest BCUT2D eigenvalue weighted by Gasteiger charge is 2.15. The molecule has 2 aromatic heterocycles. The molecular weight excluding hydrogens is 279 g/mol. The van der Waals surface area contributed by atoms with E-state index in [-0.39, 0.29) is 11.9 Å². The number of fused-ring (bicyclic) bond motifs is 1. The summed E-state index contributed by atoms with van der Waals surface area (Å²) in [5, 5.41) is 4.55. The Morgan fingerprint density at radius 3 is 2.90 bits per heavy atom. The molecule has 3 rings (SSSR count). The van der Waals surface area contributed by atoms with Crippen molar-refractivity contribution < 1.29 is 4.39 Å². The standard InChI is InChI=1S/C14H12ClFN4/c1-8(17)11-7-20-14(12(15)6-18-20)19-13(11)9-3-2-4-10(16)5-9/h2-8H,17H2,1H3/t8-/m0/s1. The van der Waals surface area contributed by atoms with Gasteiger partial charge in [-0.1, -0.05) is 23.7 Å². The second-order valence-corrected chi connectivity index (χ2v) is 5.01. The zero-order chi connectivity index (χ0) is 14.3. The minimum absolute atomic E-state index is 0.256. The third-order valence-corrected chi connectivity index (χ3v) is 3.33. The fraction of sp³-hybridized carbons (Fsp3) is 0.143. The summed E-state index contributed by atoms with van der Waals surface area (Å²) in [6.45, 7) is 1.84. The van der Waals surface area contributed by atoms with Crippen molar-refractivity contribution in [2.45, 2.75) is 13.0 Å². The first-order valence-corrected chi connectivity index (χ1v) is 6.49. The predicted molar refractivity (Wildman–Crippen MR) is 76.0 cm³/mol. The van der Waals surface area contributed by atoms with Crippen LogP contribution < -0.4 is 5.73 Å². The van der Waals surface area contributed by atoms with E-state index >= 15 is 0 Å². The molecule has 0 saturated carbocycles. The lowest BCUT2D eigenvalue weighted by atomic mass is 10.0. The molecule has 3 aromatic rings. The van der Waals surface area contributed by atoms with Crippen molar-refractivity contribution in [1.29, 1.82) is 0 Å². The molecule has 0 aliphatic heterocycles. The van der Waals surface area contributed by atoms with Crippen molar-refractivity contribution in [3.05, 3.63) is 53.1 Å². The summed E-state index contributed by atoms with van der Waals surface area (Å²) in [5.41, 5.74) is 8.57. The molecule has 0 bridgehead atoms. The second-order valence-electron chi connectivity index (χ2n) is 4.60. The topological polar surface area (TPSA) is 56.2 Å². The molecule has 0 amide bonds. The predicted octanol–water partition coefficient (Wildman–Crippen LogP) is 3.21. The first-order chi connectivity index (χ1) is 9.56. The Hall–Kier alpha value is -1.98. The number of hydrogen-bond donors (Lipinski definition) is 1. The van der Waals surface area contributed by atoms with Gasteiger partial charge in [0.15, 0.2) is 5.65 Å². The van der Waals surface area contributed by atoms with Gasteiger partial charge in [-0.15, -0.1) is 0 Å². The summed E-state index contributed by atoms with van der Waals surface area (Å²) in [7, 11) is 0. The van der Waals surface area contributed by atoms with Crippen LogP contribution in [0, 0.1) is 5.82 Å². The van der Waals surface area contributed by atoms with Gasteiger partial charge in [-0.25, -0.2) is 13.9 Å². The summed E-state index contributed by atoms with van der Waals surface area (Å²) >= 11 is 6.04. The Kier molecular flexibility index (Phi) is 3.16. The van der Waals surface area contributed by atoms with Crippen molar-refractivity contribution >= 4 is 17.2 Å². The highest BCUT2D eigenvalue weighted by Crippen LogP contribution is 2.28. The van der Waals surface area contributed by atoms with E-state index in [4.69, 9.17) is 17.3 Å². The van der Waals surface area contributed by atoms with Gasteiger partial charge in [0.25, 0.3) is 0 Å². The number of nitrogens with zero attached hydrogens (tertiary/aromatic N) is 3. The smallest absolute Gasteiger partial charge is 0.174 e. The van der Waals surface area contributed by atoms with Crippen LogP contribution in [0.25, 0.3) is 16.9 Å². The van der Waals surface area contributed by atoms with E-state index < -0.39 is 0 Å². The molecule has 0 spiro atoms. The number of aromatic nitrogens is 3. The summed E-state index contributed by atoms with van der Waals surface area (Å²) in [6, 6.07) is 5.99. The molecule has 0 radical (unpaired) electrons. The second kappa shape index (κ2) is 4.85. The molecule has 0 aliphatic carbocycles. The quantitative estimate of drug-likeness (QED) is 0.788. The van der Waals surface area contributed by atoms with Crippen molar-refractivity contribution in [2.24, 2.45) is 5.73 Å². The van der Waals surface area contributed by atoms with Gasteiger partial charge in [-0.2, -0.15) is 5.10 Å².